The van der Waals surface area contributed by atoms with Gasteiger partial charge in [0.15, 0.2) is 0 Å². The van der Waals surface area contributed by atoms with Crippen LogP contribution in [0.25, 0.3) is 0 Å². The van der Waals surface area contributed by atoms with Gasteiger partial charge in [0.1, 0.15) is 5.69 Å². The van der Waals surface area contributed by atoms with E-state index in [2.05, 4.69) is 0 Å². The Labute approximate surface area is 122 Å². The number of benzene rings is 2. The molecule has 0 aliphatic rings. The molecule has 2 aromatic carbocycles. The third-order valence-electron chi connectivity index (χ3n) is 3.14. The molecule has 0 aliphatic heterocycles. The molecule has 2 aromatic rings. The summed E-state index contributed by atoms with van der Waals surface area (Å²) < 4.78 is 0. The van der Waals surface area contributed by atoms with Crippen LogP contribution in [0.4, 0.5) is 17.1 Å². The molecule has 0 bridgehead atoms. The number of hydrogen-bond acceptors (Lipinski definition) is 3. The van der Waals surface area contributed by atoms with Gasteiger partial charge < -0.3 is 4.90 Å². The van der Waals surface area contributed by atoms with E-state index in [0.717, 1.165) is 16.8 Å². The van der Waals surface area contributed by atoms with E-state index in [1.807, 2.05) is 49.2 Å². The zero-order valence-corrected chi connectivity index (χ0v) is 12.1. The molecule has 0 radical (unpaired) electrons. The molecule has 0 aromatic heterocycles. The van der Waals surface area contributed by atoms with Gasteiger partial charge in [-0.05, 0) is 36.2 Å². The Morgan fingerprint density at radius 1 is 1.25 bits per heavy atom. The molecule has 2 rings (SSSR count). The SMILES string of the molecule is Cc1cccc(N(C)c2ccc(CCl)cc2[N+](=O)[O-])c1. The van der Waals surface area contributed by atoms with Gasteiger partial charge in [-0.3, -0.25) is 10.1 Å². The smallest absolute Gasteiger partial charge is 0.293 e. The average Bonchev–Trinajstić information content (AvgIpc) is 2.45. The number of halogens is 1. The minimum Gasteiger partial charge on any atom is -0.339 e. The van der Waals surface area contributed by atoms with E-state index < -0.39 is 0 Å². The molecule has 104 valence electrons. The lowest BCUT2D eigenvalue weighted by Crippen LogP contribution is -2.11. The maximum atomic E-state index is 11.2. The number of alkyl halides is 1. The Morgan fingerprint density at radius 3 is 2.60 bits per heavy atom. The summed E-state index contributed by atoms with van der Waals surface area (Å²) in [6.45, 7) is 1.99. The predicted molar refractivity (Wildman–Crippen MR) is 81.9 cm³/mol. The first kappa shape index (κ1) is 14.3. The van der Waals surface area contributed by atoms with Crippen molar-refractivity contribution in [2.45, 2.75) is 12.8 Å². The van der Waals surface area contributed by atoms with Crippen LogP contribution in [0.3, 0.4) is 0 Å². The normalized spacial score (nSPS) is 10.3. The zero-order valence-electron chi connectivity index (χ0n) is 11.3. The highest BCUT2D eigenvalue weighted by Gasteiger charge is 2.18. The summed E-state index contributed by atoms with van der Waals surface area (Å²) in [4.78, 5) is 12.7. The Balaban J connectivity index is 2.48. The molecule has 5 heteroatoms. The van der Waals surface area contributed by atoms with Crippen LogP contribution < -0.4 is 4.90 Å². The fourth-order valence-electron chi connectivity index (χ4n) is 2.06. The molecule has 0 spiro atoms. The van der Waals surface area contributed by atoms with Crippen LogP contribution in [0.1, 0.15) is 11.1 Å². The predicted octanol–water partition coefficient (Wildman–Crippen LogP) is 4.41. The van der Waals surface area contributed by atoms with Gasteiger partial charge in [0, 0.05) is 24.7 Å². The zero-order chi connectivity index (χ0) is 14.7. The molecular weight excluding hydrogens is 276 g/mol. The number of anilines is 2. The van der Waals surface area contributed by atoms with Gasteiger partial charge in [0.25, 0.3) is 5.69 Å². The van der Waals surface area contributed by atoms with Crippen molar-refractivity contribution < 1.29 is 4.92 Å². The van der Waals surface area contributed by atoms with Crippen LogP contribution in [-0.4, -0.2) is 12.0 Å². The maximum Gasteiger partial charge on any atom is 0.293 e. The minimum absolute atomic E-state index is 0.0622. The van der Waals surface area contributed by atoms with Crippen LogP contribution in [-0.2, 0) is 5.88 Å². The van der Waals surface area contributed by atoms with Gasteiger partial charge in [-0.2, -0.15) is 0 Å². The van der Waals surface area contributed by atoms with Crippen molar-refractivity contribution in [3.63, 3.8) is 0 Å². The van der Waals surface area contributed by atoms with E-state index in [4.69, 9.17) is 11.6 Å². The van der Waals surface area contributed by atoms with Gasteiger partial charge in [-0.25, -0.2) is 0 Å². The number of hydrogen-bond donors (Lipinski definition) is 0. The third kappa shape index (κ3) is 2.91. The molecule has 20 heavy (non-hydrogen) atoms. The molecule has 0 N–H and O–H groups in total. The maximum absolute atomic E-state index is 11.2. The van der Waals surface area contributed by atoms with Crippen LogP contribution in [0.15, 0.2) is 42.5 Å². The molecule has 0 amide bonds. The summed E-state index contributed by atoms with van der Waals surface area (Å²) in [5.41, 5.74) is 3.36. The molecule has 0 heterocycles. The quantitative estimate of drug-likeness (QED) is 0.476. The largest absolute Gasteiger partial charge is 0.339 e. The fraction of sp³-hybridized carbons (Fsp3) is 0.200. The molecule has 0 atom stereocenters. The lowest BCUT2D eigenvalue weighted by atomic mass is 10.1. The molecule has 0 saturated heterocycles. The third-order valence-corrected chi connectivity index (χ3v) is 3.45. The summed E-state index contributed by atoms with van der Waals surface area (Å²) >= 11 is 5.74. The van der Waals surface area contributed by atoms with Crippen LogP contribution in [0, 0.1) is 17.0 Å². The Kier molecular flexibility index (Phi) is 4.25. The van der Waals surface area contributed by atoms with Gasteiger partial charge >= 0.3 is 0 Å². The summed E-state index contributed by atoms with van der Waals surface area (Å²) in [6.07, 6.45) is 0. The van der Waals surface area contributed by atoms with Gasteiger partial charge in [-0.1, -0.05) is 18.2 Å². The van der Waals surface area contributed by atoms with E-state index >= 15 is 0 Å². The minimum atomic E-state index is -0.377. The van der Waals surface area contributed by atoms with E-state index in [-0.39, 0.29) is 16.5 Å². The van der Waals surface area contributed by atoms with Crippen molar-refractivity contribution in [3.8, 4) is 0 Å². The van der Waals surface area contributed by atoms with E-state index in [1.54, 1.807) is 6.07 Å². The lowest BCUT2D eigenvalue weighted by molar-refractivity contribution is -0.384. The van der Waals surface area contributed by atoms with E-state index in [9.17, 15) is 10.1 Å². The Morgan fingerprint density at radius 2 is 2.00 bits per heavy atom. The Hall–Kier alpha value is -2.07. The second kappa shape index (κ2) is 5.92. The topological polar surface area (TPSA) is 46.4 Å². The molecule has 0 saturated carbocycles. The van der Waals surface area contributed by atoms with E-state index in [0.29, 0.717) is 5.69 Å². The first-order valence-electron chi connectivity index (χ1n) is 6.16. The van der Waals surface area contributed by atoms with Gasteiger partial charge in [-0.15, -0.1) is 11.6 Å². The highest BCUT2D eigenvalue weighted by Crippen LogP contribution is 2.33. The van der Waals surface area contributed by atoms with Crippen molar-refractivity contribution in [1.29, 1.82) is 0 Å². The number of rotatable bonds is 4. The van der Waals surface area contributed by atoms with Crippen LogP contribution in [0.2, 0.25) is 0 Å². The first-order chi connectivity index (χ1) is 9.52. The number of nitrogens with zero attached hydrogens (tertiary/aromatic N) is 2. The summed E-state index contributed by atoms with van der Waals surface area (Å²) in [5.74, 6) is 0.259. The van der Waals surface area contributed by atoms with Crippen molar-refractivity contribution in [2.75, 3.05) is 11.9 Å². The first-order valence-corrected chi connectivity index (χ1v) is 6.70. The number of nitro benzene ring substituents is 1. The van der Waals surface area contributed by atoms with Crippen LogP contribution >= 0.6 is 11.6 Å². The molecule has 4 nitrogen and oxygen atoms in total. The molecular formula is C15H15ClN2O2. The van der Waals surface area contributed by atoms with Crippen LogP contribution in [0.5, 0.6) is 0 Å². The standard InChI is InChI=1S/C15H15ClN2O2/c1-11-4-3-5-13(8-11)17(2)14-7-6-12(10-16)9-15(14)18(19)20/h3-9H,10H2,1-2H3. The van der Waals surface area contributed by atoms with Crippen molar-refractivity contribution >= 4 is 28.7 Å². The van der Waals surface area contributed by atoms with Gasteiger partial charge in [0.05, 0.1) is 4.92 Å². The summed E-state index contributed by atoms with van der Waals surface area (Å²) in [6, 6.07) is 12.9. The highest BCUT2D eigenvalue weighted by atomic mass is 35.5. The number of aryl methyl sites for hydroxylation is 1. The molecule has 0 fully saturated rings. The molecule has 0 aliphatic carbocycles. The monoisotopic (exact) mass is 290 g/mol. The van der Waals surface area contributed by atoms with E-state index in [1.165, 1.54) is 6.07 Å². The highest BCUT2D eigenvalue weighted by molar-refractivity contribution is 6.17. The second-order valence-corrected chi connectivity index (χ2v) is 4.88. The number of nitro groups is 1. The average molecular weight is 291 g/mol. The van der Waals surface area contributed by atoms with Crippen molar-refractivity contribution in [2.24, 2.45) is 0 Å². The molecule has 0 unspecified atom stereocenters. The van der Waals surface area contributed by atoms with Crippen molar-refractivity contribution in [1.82, 2.24) is 0 Å². The van der Waals surface area contributed by atoms with Crippen molar-refractivity contribution in [3.05, 3.63) is 63.7 Å². The Bertz CT molecular complexity index is 644. The fourth-order valence-corrected chi connectivity index (χ4v) is 2.22. The summed E-state index contributed by atoms with van der Waals surface area (Å²) in [5, 5.41) is 11.2. The lowest BCUT2D eigenvalue weighted by Gasteiger charge is -2.20. The second-order valence-electron chi connectivity index (χ2n) is 4.61. The van der Waals surface area contributed by atoms with Gasteiger partial charge in [0.2, 0.25) is 0 Å². The summed E-state index contributed by atoms with van der Waals surface area (Å²) in [7, 11) is 1.82.